The molecule has 0 aromatic heterocycles. The zero-order valence-corrected chi connectivity index (χ0v) is 18.3. The van der Waals surface area contributed by atoms with E-state index in [1.807, 2.05) is 30.3 Å². The molecule has 6 nitrogen and oxygen atoms in total. The van der Waals surface area contributed by atoms with Crippen LogP contribution in [0.15, 0.2) is 66.7 Å². The van der Waals surface area contributed by atoms with E-state index in [1.165, 1.54) is 16.5 Å². The minimum atomic E-state index is -3.66. The van der Waals surface area contributed by atoms with E-state index < -0.39 is 27.0 Å². The molecule has 0 spiro atoms. The first-order valence-corrected chi connectivity index (χ1v) is 12.0. The Hall–Kier alpha value is -2.94. The lowest BCUT2D eigenvalue weighted by Crippen LogP contribution is -2.40. The fourth-order valence-electron chi connectivity index (χ4n) is 4.04. The highest BCUT2D eigenvalue weighted by molar-refractivity contribution is 7.93. The van der Waals surface area contributed by atoms with E-state index in [1.54, 1.807) is 18.2 Å². The standard InChI is InChI=1S/C23H19ClFN3O3S/c24-18-7-4-8-19(25)22(18)23(29)27-16-10-9-15-13-26-28(20(15)11-16)32(30,31)21-12-17(21)14-5-2-1-3-6-14/h1-11,17,21,26H,12-13H2,(H,27,29). The highest BCUT2D eigenvalue weighted by Gasteiger charge is 2.51. The predicted octanol–water partition coefficient (Wildman–Crippen LogP) is 4.44. The zero-order chi connectivity index (χ0) is 22.5. The number of nitrogens with zero attached hydrogens (tertiary/aromatic N) is 1. The molecular weight excluding hydrogens is 453 g/mol. The normalized spacial score (nSPS) is 19.5. The van der Waals surface area contributed by atoms with Gasteiger partial charge in [0.2, 0.25) is 0 Å². The van der Waals surface area contributed by atoms with Gasteiger partial charge in [-0.3, -0.25) is 4.79 Å². The van der Waals surface area contributed by atoms with E-state index in [0.29, 0.717) is 24.3 Å². The van der Waals surface area contributed by atoms with Crippen LogP contribution in [0.3, 0.4) is 0 Å². The van der Waals surface area contributed by atoms with E-state index in [9.17, 15) is 17.6 Å². The summed E-state index contributed by atoms with van der Waals surface area (Å²) >= 11 is 5.97. The Kier molecular flexibility index (Phi) is 5.16. The number of anilines is 2. The van der Waals surface area contributed by atoms with Crippen LogP contribution in [0.2, 0.25) is 5.02 Å². The Bertz CT molecular complexity index is 1300. The van der Waals surface area contributed by atoms with Gasteiger partial charge < -0.3 is 5.32 Å². The molecule has 2 aliphatic rings. The SMILES string of the molecule is O=C(Nc1ccc2c(c1)N(S(=O)(=O)C1CC1c1ccccc1)NC2)c1c(F)cccc1Cl. The summed E-state index contributed by atoms with van der Waals surface area (Å²) in [5.41, 5.74) is 5.25. The number of hydrogen-bond donors (Lipinski definition) is 2. The van der Waals surface area contributed by atoms with Gasteiger partial charge in [0, 0.05) is 18.2 Å². The number of carbonyl (C=O) groups is 1. The highest BCUT2D eigenvalue weighted by Crippen LogP contribution is 2.48. The topological polar surface area (TPSA) is 78.5 Å². The monoisotopic (exact) mass is 471 g/mol. The van der Waals surface area contributed by atoms with Gasteiger partial charge in [0.1, 0.15) is 5.82 Å². The number of fused-ring (bicyclic) bond motifs is 1. The number of benzene rings is 3. The van der Waals surface area contributed by atoms with Gasteiger partial charge in [-0.05, 0) is 41.8 Å². The Labute approximate surface area is 190 Å². The first-order valence-electron chi connectivity index (χ1n) is 10.1. The van der Waals surface area contributed by atoms with Crippen molar-refractivity contribution >= 4 is 38.9 Å². The van der Waals surface area contributed by atoms with Crippen molar-refractivity contribution in [2.24, 2.45) is 0 Å². The molecule has 5 rings (SSSR count). The lowest BCUT2D eigenvalue weighted by Gasteiger charge is -2.20. The second-order valence-corrected chi connectivity index (χ2v) is 10.2. The summed E-state index contributed by atoms with van der Waals surface area (Å²) in [6.07, 6.45) is 0.558. The molecule has 32 heavy (non-hydrogen) atoms. The number of sulfonamides is 1. The molecule has 1 fully saturated rings. The molecule has 1 aliphatic heterocycles. The van der Waals surface area contributed by atoms with Crippen molar-refractivity contribution in [3.63, 3.8) is 0 Å². The summed E-state index contributed by atoms with van der Waals surface area (Å²) in [5, 5.41) is 2.09. The van der Waals surface area contributed by atoms with Crippen LogP contribution in [0.4, 0.5) is 15.8 Å². The molecule has 1 heterocycles. The highest BCUT2D eigenvalue weighted by atomic mass is 35.5. The third-order valence-corrected chi connectivity index (χ3v) is 8.20. The molecule has 3 aromatic rings. The molecule has 3 aromatic carbocycles. The molecule has 9 heteroatoms. The maximum absolute atomic E-state index is 14.1. The Balaban J connectivity index is 1.39. The van der Waals surface area contributed by atoms with E-state index in [2.05, 4.69) is 10.7 Å². The van der Waals surface area contributed by atoms with E-state index in [4.69, 9.17) is 11.6 Å². The molecule has 1 saturated carbocycles. The number of nitrogens with one attached hydrogen (secondary N) is 2. The van der Waals surface area contributed by atoms with Gasteiger partial charge in [0.15, 0.2) is 0 Å². The first kappa shape index (κ1) is 20.9. The Morgan fingerprint density at radius 1 is 1.09 bits per heavy atom. The molecule has 1 amide bonds. The smallest absolute Gasteiger partial charge is 0.260 e. The van der Waals surface area contributed by atoms with Gasteiger partial charge in [-0.25, -0.2) is 22.6 Å². The van der Waals surface area contributed by atoms with Crippen molar-refractivity contribution < 1.29 is 17.6 Å². The molecule has 164 valence electrons. The number of hydrazine groups is 1. The van der Waals surface area contributed by atoms with Crippen LogP contribution in [0.1, 0.15) is 33.8 Å². The molecule has 2 N–H and O–H groups in total. The number of halogens is 2. The summed E-state index contributed by atoms with van der Waals surface area (Å²) in [5.74, 6) is -1.49. The molecule has 0 bridgehead atoms. The largest absolute Gasteiger partial charge is 0.322 e. The van der Waals surface area contributed by atoms with Crippen molar-refractivity contribution in [2.75, 3.05) is 9.73 Å². The van der Waals surface area contributed by atoms with Crippen LogP contribution < -0.4 is 15.2 Å². The van der Waals surface area contributed by atoms with Crippen molar-refractivity contribution in [3.8, 4) is 0 Å². The summed E-state index contributed by atoms with van der Waals surface area (Å²) in [6.45, 7) is 0.352. The van der Waals surface area contributed by atoms with Crippen molar-refractivity contribution in [3.05, 3.63) is 94.3 Å². The Morgan fingerprint density at radius 3 is 2.62 bits per heavy atom. The van der Waals surface area contributed by atoms with E-state index in [0.717, 1.165) is 17.2 Å². The average Bonchev–Trinajstić information content (AvgIpc) is 3.48. The van der Waals surface area contributed by atoms with Crippen molar-refractivity contribution in [1.82, 2.24) is 5.43 Å². The third-order valence-electron chi connectivity index (χ3n) is 5.76. The quantitative estimate of drug-likeness (QED) is 0.576. The lowest BCUT2D eigenvalue weighted by atomic mass is 10.1. The number of carbonyl (C=O) groups excluding carboxylic acids is 1. The minimum absolute atomic E-state index is 0.00443. The molecule has 0 radical (unpaired) electrons. The summed E-state index contributed by atoms with van der Waals surface area (Å²) in [7, 11) is -3.66. The number of hydrogen-bond acceptors (Lipinski definition) is 4. The van der Waals surface area contributed by atoms with Crippen LogP contribution in [-0.4, -0.2) is 19.6 Å². The maximum atomic E-state index is 14.1. The minimum Gasteiger partial charge on any atom is -0.322 e. The molecular formula is C23H19ClFN3O3S. The van der Waals surface area contributed by atoms with Crippen LogP contribution in [-0.2, 0) is 16.6 Å². The number of amides is 1. The number of rotatable bonds is 5. The van der Waals surface area contributed by atoms with Gasteiger partial charge in [0.05, 0.1) is 21.5 Å². The lowest BCUT2D eigenvalue weighted by molar-refractivity contribution is 0.102. The van der Waals surface area contributed by atoms with Crippen LogP contribution in [0, 0.1) is 5.82 Å². The van der Waals surface area contributed by atoms with Gasteiger partial charge in [0.25, 0.3) is 15.9 Å². The van der Waals surface area contributed by atoms with Crippen LogP contribution in [0.5, 0.6) is 0 Å². The van der Waals surface area contributed by atoms with Crippen molar-refractivity contribution in [2.45, 2.75) is 24.1 Å². The van der Waals surface area contributed by atoms with Crippen LogP contribution in [0.25, 0.3) is 0 Å². The van der Waals surface area contributed by atoms with E-state index >= 15 is 0 Å². The van der Waals surface area contributed by atoms with Gasteiger partial charge in [-0.15, -0.1) is 0 Å². The maximum Gasteiger partial charge on any atom is 0.260 e. The summed E-state index contributed by atoms with van der Waals surface area (Å²) < 4.78 is 41.9. The molecule has 1 aliphatic carbocycles. The second-order valence-electron chi connectivity index (χ2n) is 7.83. The fourth-order valence-corrected chi connectivity index (χ4v) is 6.28. The molecule has 2 atom stereocenters. The summed E-state index contributed by atoms with van der Waals surface area (Å²) in [4.78, 5) is 12.6. The summed E-state index contributed by atoms with van der Waals surface area (Å²) in [6, 6.07) is 18.5. The average molecular weight is 472 g/mol. The van der Waals surface area contributed by atoms with Gasteiger partial charge in [-0.1, -0.05) is 54.1 Å². The predicted molar refractivity (Wildman–Crippen MR) is 122 cm³/mol. The van der Waals surface area contributed by atoms with E-state index in [-0.39, 0.29) is 16.5 Å². The second kappa shape index (κ2) is 7.88. The molecule has 0 saturated heterocycles. The third kappa shape index (κ3) is 3.64. The zero-order valence-electron chi connectivity index (χ0n) is 16.8. The van der Waals surface area contributed by atoms with Crippen molar-refractivity contribution in [1.29, 1.82) is 0 Å². The first-order chi connectivity index (χ1) is 15.4. The van der Waals surface area contributed by atoms with Gasteiger partial charge >= 0.3 is 0 Å². The Morgan fingerprint density at radius 2 is 1.88 bits per heavy atom. The van der Waals surface area contributed by atoms with Crippen LogP contribution >= 0.6 is 11.6 Å². The fraction of sp³-hybridized carbons (Fsp3) is 0.174. The van der Waals surface area contributed by atoms with Gasteiger partial charge in [-0.2, -0.15) is 0 Å². The molecule has 2 unspecified atom stereocenters.